The smallest absolute Gasteiger partial charge is 0.00524 e. The van der Waals surface area contributed by atoms with E-state index in [9.17, 15) is 0 Å². The number of alkyl halides is 1. The van der Waals surface area contributed by atoms with Crippen molar-refractivity contribution < 1.29 is 0 Å². The van der Waals surface area contributed by atoms with Gasteiger partial charge in [-0.3, -0.25) is 0 Å². The van der Waals surface area contributed by atoms with Crippen molar-refractivity contribution in [1.29, 1.82) is 0 Å². The van der Waals surface area contributed by atoms with E-state index < -0.39 is 0 Å². The molecule has 0 aromatic carbocycles. The summed E-state index contributed by atoms with van der Waals surface area (Å²) in [5.41, 5.74) is 6.42. The summed E-state index contributed by atoms with van der Waals surface area (Å²) in [6, 6.07) is 0.328. The largest absolute Gasteiger partial charge is 0.328 e. The van der Waals surface area contributed by atoms with Crippen LogP contribution in [-0.2, 0) is 0 Å². The maximum Gasteiger partial charge on any atom is 0.00524 e. The van der Waals surface area contributed by atoms with Gasteiger partial charge in [-0.2, -0.15) is 0 Å². The molecule has 12 heavy (non-hydrogen) atoms. The minimum absolute atomic E-state index is 0.328. The predicted molar refractivity (Wildman–Crippen MR) is 64.7 cm³/mol. The van der Waals surface area contributed by atoms with Gasteiger partial charge in [0.25, 0.3) is 0 Å². The summed E-state index contributed by atoms with van der Waals surface area (Å²) in [7, 11) is 0. The molecule has 0 saturated carbocycles. The van der Waals surface area contributed by atoms with Crippen LogP contribution in [-0.4, -0.2) is 10.5 Å². The van der Waals surface area contributed by atoms with Crippen LogP contribution < -0.4 is 5.73 Å². The average molecular weight is 283 g/mol. The van der Waals surface area contributed by atoms with E-state index in [0.29, 0.717) is 17.4 Å². The monoisotopic (exact) mass is 283 g/mol. The zero-order valence-corrected chi connectivity index (χ0v) is 10.9. The Hall–Kier alpha value is 0.690. The molecule has 2 heteroatoms. The quantitative estimate of drug-likeness (QED) is 0.608. The van der Waals surface area contributed by atoms with Gasteiger partial charge in [-0.05, 0) is 24.7 Å². The van der Waals surface area contributed by atoms with Crippen LogP contribution in [0.2, 0.25) is 0 Å². The number of hydrogen-bond acceptors (Lipinski definition) is 1. The third kappa shape index (κ3) is 2.87. The van der Waals surface area contributed by atoms with E-state index in [1.807, 2.05) is 0 Å². The molecule has 0 saturated heterocycles. The van der Waals surface area contributed by atoms with Crippen molar-refractivity contribution in [3.05, 3.63) is 0 Å². The van der Waals surface area contributed by atoms with Gasteiger partial charge in [-0.1, -0.05) is 49.8 Å². The van der Waals surface area contributed by atoms with Crippen LogP contribution >= 0.6 is 22.6 Å². The number of rotatable bonds is 5. The highest BCUT2D eigenvalue weighted by molar-refractivity contribution is 14.1. The zero-order valence-electron chi connectivity index (χ0n) is 8.73. The summed E-state index contributed by atoms with van der Waals surface area (Å²) in [4.78, 5) is 0. The van der Waals surface area contributed by atoms with Crippen molar-refractivity contribution in [2.45, 2.75) is 46.6 Å². The van der Waals surface area contributed by atoms with E-state index in [0.717, 1.165) is 0 Å². The molecular weight excluding hydrogens is 261 g/mol. The maximum atomic E-state index is 5.98. The van der Waals surface area contributed by atoms with Gasteiger partial charge in [0.1, 0.15) is 0 Å². The first-order chi connectivity index (χ1) is 5.51. The molecule has 0 heterocycles. The summed E-state index contributed by atoms with van der Waals surface area (Å²) < 4.78 is 1.21. The van der Waals surface area contributed by atoms with Gasteiger partial charge in [0.15, 0.2) is 0 Å². The van der Waals surface area contributed by atoms with Crippen molar-refractivity contribution in [1.82, 2.24) is 0 Å². The van der Waals surface area contributed by atoms with Crippen LogP contribution in [0, 0.1) is 11.3 Å². The zero-order chi connectivity index (χ0) is 9.78. The molecule has 2 N–H and O–H groups in total. The fourth-order valence-corrected chi connectivity index (χ4v) is 3.06. The third-order valence-electron chi connectivity index (χ3n) is 3.08. The first kappa shape index (κ1) is 12.7. The SMILES string of the molecule is CC[C@H]([C@@H](C)N)C(C)(CC)CI. The van der Waals surface area contributed by atoms with Gasteiger partial charge in [0, 0.05) is 10.5 Å². The Morgan fingerprint density at radius 2 is 1.92 bits per heavy atom. The lowest BCUT2D eigenvalue weighted by atomic mass is 9.72. The average Bonchev–Trinajstić information content (AvgIpc) is 2.04. The lowest BCUT2D eigenvalue weighted by Gasteiger charge is -2.37. The van der Waals surface area contributed by atoms with Gasteiger partial charge in [-0.15, -0.1) is 0 Å². The molecular formula is C10H22IN. The third-order valence-corrected chi connectivity index (χ3v) is 4.83. The second kappa shape index (κ2) is 5.43. The lowest BCUT2D eigenvalue weighted by Crippen LogP contribution is -2.39. The number of halogens is 1. The Morgan fingerprint density at radius 1 is 1.42 bits per heavy atom. The standard InChI is InChI=1S/C10H22IN/c1-5-9(8(3)12)10(4,6-2)7-11/h8-9H,5-7,12H2,1-4H3/t8-,9-,10?/m1/s1. The highest BCUT2D eigenvalue weighted by Crippen LogP contribution is 2.36. The minimum Gasteiger partial charge on any atom is -0.328 e. The van der Waals surface area contributed by atoms with Gasteiger partial charge < -0.3 is 5.73 Å². The Kier molecular flexibility index (Phi) is 5.74. The van der Waals surface area contributed by atoms with Gasteiger partial charge >= 0.3 is 0 Å². The number of nitrogens with two attached hydrogens (primary N) is 1. The maximum absolute atomic E-state index is 5.98. The second-order valence-corrected chi connectivity index (χ2v) is 4.78. The Balaban J connectivity index is 4.43. The molecule has 0 amide bonds. The molecule has 0 aliphatic heterocycles. The van der Waals surface area contributed by atoms with Gasteiger partial charge in [0.2, 0.25) is 0 Å². The Morgan fingerprint density at radius 3 is 2.00 bits per heavy atom. The van der Waals surface area contributed by atoms with Crippen molar-refractivity contribution in [2.24, 2.45) is 17.1 Å². The van der Waals surface area contributed by atoms with E-state index in [1.54, 1.807) is 0 Å². The van der Waals surface area contributed by atoms with Crippen molar-refractivity contribution in [2.75, 3.05) is 4.43 Å². The number of hydrogen-bond donors (Lipinski definition) is 1. The molecule has 0 aliphatic rings. The minimum atomic E-state index is 0.328. The molecule has 0 aliphatic carbocycles. The molecule has 0 aromatic rings. The van der Waals surface area contributed by atoms with Crippen LogP contribution in [0.25, 0.3) is 0 Å². The highest BCUT2D eigenvalue weighted by atomic mass is 127. The topological polar surface area (TPSA) is 26.0 Å². The van der Waals surface area contributed by atoms with E-state index >= 15 is 0 Å². The molecule has 0 radical (unpaired) electrons. The predicted octanol–water partition coefficient (Wildman–Crippen LogP) is 3.21. The molecule has 1 nitrogen and oxygen atoms in total. The normalized spacial score (nSPS) is 21.5. The van der Waals surface area contributed by atoms with Gasteiger partial charge in [0.05, 0.1) is 0 Å². The lowest BCUT2D eigenvalue weighted by molar-refractivity contribution is 0.181. The molecule has 0 fully saturated rings. The van der Waals surface area contributed by atoms with Crippen molar-refractivity contribution in [3.8, 4) is 0 Å². The molecule has 0 rings (SSSR count). The molecule has 0 bridgehead atoms. The van der Waals surface area contributed by atoms with E-state index in [1.165, 1.54) is 17.3 Å². The Bertz CT molecular complexity index is 119. The summed E-state index contributed by atoms with van der Waals surface area (Å²) in [5, 5.41) is 0. The molecule has 0 spiro atoms. The first-order valence-electron chi connectivity index (χ1n) is 4.83. The van der Waals surface area contributed by atoms with Crippen molar-refractivity contribution in [3.63, 3.8) is 0 Å². The summed E-state index contributed by atoms with van der Waals surface area (Å²) in [6.45, 7) is 9.00. The van der Waals surface area contributed by atoms with E-state index in [2.05, 4.69) is 50.3 Å². The van der Waals surface area contributed by atoms with Crippen LogP contribution in [0.5, 0.6) is 0 Å². The van der Waals surface area contributed by atoms with Crippen LogP contribution in [0.1, 0.15) is 40.5 Å². The van der Waals surface area contributed by atoms with E-state index in [4.69, 9.17) is 5.73 Å². The first-order valence-corrected chi connectivity index (χ1v) is 6.36. The summed E-state index contributed by atoms with van der Waals surface area (Å²) in [5.74, 6) is 0.666. The molecule has 0 aromatic heterocycles. The molecule has 1 unspecified atom stereocenters. The Labute approximate surface area is 90.6 Å². The van der Waals surface area contributed by atoms with E-state index in [-0.39, 0.29) is 0 Å². The van der Waals surface area contributed by atoms with Crippen LogP contribution in [0.3, 0.4) is 0 Å². The van der Waals surface area contributed by atoms with Crippen molar-refractivity contribution >= 4 is 22.6 Å². The fraction of sp³-hybridized carbons (Fsp3) is 1.00. The molecule has 3 atom stereocenters. The van der Waals surface area contributed by atoms with Gasteiger partial charge in [-0.25, -0.2) is 0 Å². The second-order valence-electron chi connectivity index (χ2n) is 4.02. The van der Waals surface area contributed by atoms with Crippen LogP contribution in [0.4, 0.5) is 0 Å². The summed E-state index contributed by atoms with van der Waals surface area (Å²) >= 11 is 2.48. The fourth-order valence-electron chi connectivity index (χ4n) is 1.96. The highest BCUT2D eigenvalue weighted by Gasteiger charge is 2.32. The molecule has 74 valence electrons. The summed E-state index contributed by atoms with van der Waals surface area (Å²) in [6.07, 6.45) is 2.43. The van der Waals surface area contributed by atoms with Crippen LogP contribution in [0.15, 0.2) is 0 Å².